The summed E-state index contributed by atoms with van der Waals surface area (Å²) in [7, 11) is 3.85. The summed E-state index contributed by atoms with van der Waals surface area (Å²) >= 11 is 0. The molecule has 0 aliphatic carbocycles. The normalized spacial score (nSPS) is 13.1. The van der Waals surface area contributed by atoms with Crippen LogP contribution in [-0.4, -0.2) is 36.9 Å². The Bertz CT molecular complexity index is 586. The molecule has 0 saturated heterocycles. The van der Waals surface area contributed by atoms with Crippen molar-refractivity contribution in [2.75, 3.05) is 19.0 Å². The maximum Gasteiger partial charge on any atom is 0.408 e. The van der Waals surface area contributed by atoms with Crippen molar-refractivity contribution in [2.24, 2.45) is 5.41 Å². The van der Waals surface area contributed by atoms with Gasteiger partial charge in [-0.1, -0.05) is 12.1 Å². The van der Waals surface area contributed by atoms with Gasteiger partial charge in [0.25, 0.3) is 0 Å². The van der Waals surface area contributed by atoms with Gasteiger partial charge in [-0.3, -0.25) is 4.79 Å². The van der Waals surface area contributed by atoms with E-state index in [1.807, 2.05) is 43.3 Å². The summed E-state index contributed by atoms with van der Waals surface area (Å²) in [5.41, 5.74) is -0.158. The number of nitrogens with zero attached hydrogens (tertiary/aromatic N) is 1. The molecule has 0 bridgehead atoms. The second-order valence-corrected chi connectivity index (χ2v) is 7.59. The Morgan fingerprint density at radius 2 is 1.58 bits per heavy atom. The van der Waals surface area contributed by atoms with Crippen LogP contribution in [0.1, 0.15) is 46.2 Å². The van der Waals surface area contributed by atoms with Crippen LogP contribution >= 0.6 is 0 Å². The largest absolute Gasteiger partial charge is 0.481 e. The first-order chi connectivity index (χ1) is 10.8. The Morgan fingerprint density at radius 1 is 1.08 bits per heavy atom. The van der Waals surface area contributed by atoms with E-state index < -0.39 is 29.1 Å². The molecule has 1 amide bonds. The molecule has 24 heavy (non-hydrogen) atoms. The molecule has 0 heterocycles. The smallest absolute Gasteiger partial charge is 0.408 e. The predicted molar refractivity (Wildman–Crippen MR) is 94.3 cm³/mol. The zero-order valence-corrected chi connectivity index (χ0v) is 15.5. The van der Waals surface area contributed by atoms with Gasteiger partial charge in [0, 0.05) is 19.8 Å². The topological polar surface area (TPSA) is 78.9 Å². The van der Waals surface area contributed by atoms with Crippen LogP contribution in [0.5, 0.6) is 0 Å². The van der Waals surface area contributed by atoms with Gasteiger partial charge < -0.3 is 20.1 Å². The zero-order chi connectivity index (χ0) is 18.7. The molecule has 0 radical (unpaired) electrons. The average molecular weight is 336 g/mol. The molecule has 6 nitrogen and oxygen atoms in total. The van der Waals surface area contributed by atoms with Crippen LogP contribution in [0.25, 0.3) is 0 Å². The molecule has 0 aliphatic heterocycles. The number of rotatable bonds is 5. The van der Waals surface area contributed by atoms with Crippen molar-refractivity contribution in [1.29, 1.82) is 0 Å². The molecular weight excluding hydrogens is 308 g/mol. The number of hydrogen-bond donors (Lipinski definition) is 2. The van der Waals surface area contributed by atoms with Crippen LogP contribution in [0.2, 0.25) is 0 Å². The number of anilines is 1. The lowest BCUT2D eigenvalue weighted by molar-refractivity contribution is -0.148. The molecule has 0 fully saturated rings. The fraction of sp³-hybridized carbons (Fsp3) is 0.556. The van der Waals surface area contributed by atoms with Crippen LogP contribution in [-0.2, 0) is 9.53 Å². The van der Waals surface area contributed by atoms with Gasteiger partial charge in [0.2, 0.25) is 0 Å². The third-order valence-electron chi connectivity index (χ3n) is 3.68. The minimum absolute atomic E-state index is 0.640. The second kappa shape index (κ2) is 7.11. The fourth-order valence-electron chi connectivity index (χ4n) is 2.19. The first kappa shape index (κ1) is 19.8. The van der Waals surface area contributed by atoms with Crippen molar-refractivity contribution in [3.8, 4) is 0 Å². The highest BCUT2D eigenvalue weighted by atomic mass is 16.6. The third-order valence-corrected chi connectivity index (χ3v) is 3.68. The lowest BCUT2D eigenvalue weighted by Gasteiger charge is -2.32. The zero-order valence-electron chi connectivity index (χ0n) is 15.5. The van der Waals surface area contributed by atoms with Crippen LogP contribution < -0.4 is 10.2 Å². The lowest BCUT2D eigenvalue weighted by atomic mass is 9.80. The molecule has 1 atom stereocenters. The van der Waals surface area contributed by atoms with E-state index in [1.165, 1.54) is 0 Å². The van der Waals surface area contributed by atoms with Crippen molar-refractivity contribution in [1.82, 2.24) is 5.32 Å². The molecule has 1 rings (SSSR count). The number of carboxylic acids is 1. The molecule has 0 aromatic heterocycles. The second-order valence-electron chi connectivity index (χ2n) is 7.59. The average Bonchev–Trinajstić information content (AvgIpc) is 2.42. The van der Waals surface area contributed by atoms with Crippen molar-refractivity contribution >= 4 is 17.7 Å². The number of carboxylic acid groups (broad SMARTS) is 1. The Morgan fingerprint density at radius 3 is 1.96 bits per heavy atom. The first-order valence-corrected chi connectivity index (χ1v) is 7.85. The van der Waals surface area contributed by atoms with Crippen LogP contribution in [0.15, 0.2) is 24.3 Å². The lowest BCUT2D eigenvalue weighted by Crippen LogP contribution is -2.44. The number of alkyl carbamates (subject to hydrolysis) is 1. The quantitative estimate of drug-likeness (QED) is 0.861. The van der Waals surface area contributed by atoms with E-state index in [4.69, 9.17) is 4.74 Å². The highest BCUT2D eigenvalue weighted by Gasteiger charge is 2.39. The molecule has 1 aromatic carbocycles. The monoisotopic (exact) mass is 336 g/mol. The summed E-state index contributed by atoms with van der Waals surface area (Å²) in [6.07, 6.45) is -0.640. The van der Waals surface area contributed by atoms with E-state index >= 15 is 0 Å². The summed E-state index contributed by atoms with van der Waals surface area (Å²) in [5.74, 6) is -1.000. The van der Waals surface area contributed by atoms with Crippen molar-refractivity contribution in [3.63, 3.8) is 0 Å². The van der Waals surface area contributed by atoms with E-state index in [1.54, 1.807) is 34.6 Å². The molecule has 0 aliphatic rings. The molecule has 1 aromatic rings. The maximum absolute atomic E-state index is 12.2. The summed E-state index contributed by atoms with van der Waals surface area (Å²) in [6.45, 7) is 8.44. The third kappa shape index (κ3) is 5.15. The van der Waals surface area contributed by atoms with Crippen LogP contribution in [0.3, 0.4) is 0 Å². The molecule has 6 heteroatoms. The summed E-state index contributed by atoms with van der Waals surface area (Å²) in [6, 6.07) is 6.69. The van der Waals surface area contributed by atoms with E-state index in [0.717, 1.165) is 5.69 Å². The molecule has 2 N–H and O–H groups in total. The van der Waals surface area contributed by atoms with E-state index in [-0.39, 0.29) is 0 Å². The predicted octanol–water partition coefficient (Wildman–Crippen LogP) is 3.43. The standard InChI is InChI=1S/C18H28N2O4/c1-17(2,3)24-16(23)19-14(18(4,5)15(21)22)12-8-10-13(11-9-12)20(6)7/h8-11,14H,1-7H3,(H,19,23)(H,21,22)/t14-/m0/s1. The van der Waals surface area contributed by atoms with Gasteiger partial charge in [-0.2, -0.15) is 0 Å². The Balaban J connectivity index is 3.15. The van der Waals surface area contributed by atoms with Crippen molar-refractivity contribution < 1.29 is 19.4 Å². The number of nitrogens with one attached hydrogen (secondary N) is 1. The SMILES string of the molecule is CN(C)c1ccc([C@H](NC(=O)OC(C)(C)C)C(C)(C)C(=O)O)cc1. The number of ether oxygens (including phenoxy) is 1. The van der Waals surface area contributed by atoms with E-state index in [0.29, 0.717) is 5.56 Å². The minimum atomic E-state index is -1.20. The van der Waals surface area contributed by atoms with E-state index in [9.17, 15) is 14.7 Å². The highest BCUT2D eigenvalue weighted by molar-refractivity contribution is 5.77. The summed E-state index contributed by atoms with van der Waals surface area (Å²) in [5, 5.41) is 12.3. The Hall–Kier alpha value is -2.24. The van der Waals surface area contributed by atoms with Crippen LogP contribution in [0.4, 0.5) is 10.5 Å². The number of amides is 1. The van der Waals surface area contributed by atoms with Crippen LogP contribution in [0, 0.1) is 5.41 Å². The number of hydrogen-bond acceptors (Lipinski definition) is 4. The molecular formula is C18H28N2O4. The molecule has 0 unspecified atom stereocenters. The number of benzene rings is 1. The van der Waals surface area contributed by atoms with Gasteiger partial charge in [-0.05, 0) is 52.3 Å². The van der Waals surface area contributed by atoms with Gasteiger partial charge in [-0.15, -0.1) is 0 Å². The molecule has 134 valence electrons. The van der Waals surface area contributed by atoms with Crippen molar-refractivity contribution in [2.45, 2.75) is 46.3 Å². The highest BCUT2D eigenvalue weighted by Crippen LogP contribution is 2.34. The Labute approximate surface area is 143 Å². The van der Waals surface area contributed by atoms with E-state index in [2.05, 4.69) is 5.32 Å². The minimum Gasteiger partial charge on any atom is -0.481 e. The molecule has 0 spiro atoms. The number of carbonyl (C=O) groups excluding carboxylic acids is 1. The van der Waals surface area contributed by atoms with Gasteiger partial charge in [-0.25, -0.2) is 4.79 Å². The summed E-state index contributed by atoms with van der Waals surface area (Å²) < 4.78 is 5.28. The maximum atomic E-state index is 12.2. The molecule has 0 saturated carbocycles. The number of aliphatic carboxylic acids is 1. The fourth-order valence-corrected chi connectivity index (χ4v) is 2.19. The summed E-state index contributed by atoms with van der Waals surface area (Å²) in [4.78, 5) is 25.8. The van der Waals surface area contributed by atoms with Gasteiger partial charge in [0.05, 0.1) is 11.5 Å². The van der Waals surface area contributed by atoms with Gasteiger partial charge in [0.15, 0.2) is 0 Å². The number of carbonyl (C=O) groups is 2. The van der Waals surface area contributed by atoms with Gasteiger partial charge >= 0.3 is 12.1 Å². The first-order valence-electron chi connectivity index (χ1n) is 7.85. The van der Waals surface area contributed by atoms with Crippen molar-refractivity contribution in [3.05, 3.63) is 29.8 Å². The van der Waals surface area contributed by atoms with Gasteiger partial charge in [0.1, 0.15) is 5.60 Å². The Kier molecular flexibility index (Phi) is 5.87.